The zero-order valence-corrected chi connectivity index (χ0v) is 7.01. The minimum Gasteiger partial charge on any atom is -0.244 e. The highest BCUT2D eigenvalue weighted by Gasteiger charge is 2.09. The van der Waals surface area contributed by atoms with Gasteiger partial charge in [0.25, 0.3) is 0 Å². The standard InChI is InChI=1S/C9H4N4O/c14-9-10-3-5-1-2-7-6(4-11-13-7)8(5)12-9/h1-4H. The van der Waals surface area contributed by atoms with Crippen molar-refractivity contribution in [1.29, 1.82) is 0 Å². The number of hydrogen-bond acceptors (Lipinski definition) is 3. The van der Waals surface area contributed by atoms with E-state index in [9.17, 15) is 4.79 Å². The zero-order chi connectivity index (χ0) is 9.54. The Morgan fingerprint density at radius 1 is 1.21 bits per heavy atom. The van der Waals surface area contributed by atoms with Crippen molar-refractivity contribution in [2.24, 2.45) is 20.2 Å². The van der Waals surface area contributed by atoms with Crippen LogP contribution in [0.5, 0.6) is 0 Å². The molecule has 3 rings (SSSR count). The SMILES string of the molecule is O=C1N=Cc2ccc3c(c2=N1)=CN=N3. The molecule has 0 unspecified atom stereocenters. The lowest BCUT2D eigenvalue weighted by Crippen LogP contribution is -2.31. The molecule has 2 amide bonds. The molecular weight excluding hydrogens is 180 g/mol. The van der Waals surface area contributed by atoms with Gasteiger partial charge in [0.05, 0.1) is 17.2 Å². The third kappa shape index (κ3) is 0.861. The molecule has 0 saturated carbocycles. The molecular formula is C9H4N4O. The molecule has 0 aliphatic carbocycles. The first kappa shape index (κ1) is 7.25. The zero-order valence-electron chi connectivity index (χ0n) is 7.01. The summed E-state index contributed by atoms with van der Waals surface area (Å²) in [4.78, 5) is 18.4. The van der Waals surface area contributed by atoms with Gasteiger partial charge in [-0.3, -0.25) is 0 Å². The molecule has 1 aromatic rings. The van der Waals surface area contributed by atoms with Gasteiger partial charge in [0.2, 0.25) is 0 Å². The number of amides is 2. The molecule has 0 radical (unpaired) electrons. The van der Waals surface area contributed by atoms with Crippen LogP contribution in [0.4, 0.5) is 10.5 Å². The maximum Gasteiger partial charge on any atom is 0.367 e. The van der Waals surface area contributed by atoms with Crippen molar-refractivity contribution >= 4 is 24.1 Å². The number of azo groups is 1. The first-order chi connectivity index (χ1) is 6.84. The summed E-state index contributed by atoms with van der Waals surface area (Å²) in [7, 11) is 0. The van der Waals surface area contributed by atoms with Crippen LogP contribution < -0.4 is 10.6 Å². The number of carbonyl (C=O) groups is 1. The molecule has 5 heteroatoms. The lowest BCUT2D eigenvalue weighted by atomic mass is 10.1. The highest BCUT2D eigenvalue weighted by atomic mass is 16.2. The fraction of sp³-hybridized carbons (Fsp3) is 0. The van der Waals surface area contributed by atoms with Crippen LogP contribution in [0, 0.1) is 0 Å². The maximum absolute atomic E-state index is 11.0. The van der Waals surface area contributed by atoms with E-state index in [-0.39, 0.29) is 0 Å². The van der Waals surface area contributed by atoms with Gasteiger partial charge in [-0.2, -0.15) is 20.2 Å². The lowest BCUT2D eigenvalue weighted by Gasteiger charge is -1.99. The molecule has 14 heavy (non-hydrogen) atoms. The van der Waals surface area contributed by atoms with Gasteiger partial charge >= 0.3 is 6.03 Å². The number of hydrogen-bond donors (Lipinski definition) is 0. The van der Waals surface area contributed by atoms with E-state index >= 15 is 0 Å². The molecule has 0 saturated heterocycles. The quantitative estimate of drug-likeness (QED) is 0.585. The highest BCUT2D eigenvalue weighted by Crippen LogP contribution is 2.09. The summed E-state index contributed by atoms with van der Waals surface area (Å²) in [6.45, 7) is 0. The molecule has 2 aliphatic rings. The Bertz CT molecular complexity index is 612. The van der Waals surface area contributed by atoms with Crippen molar-refractivity contribution in [3.63, 3.8) is 0 Å². The predicted octanol–water partition coefficient (Wildman–Crippen LogP) is 0.694. The smallest absolute Gasteiger partial charge is 0.244 e. The summed E-state index contributed by atoms with van der Waals surface area (Å²) in [5.41, 5.74) is 1.57. The molecule has 1 aromatic carbocycles. The molecule has 0 spiro atoms. The van der Waals surface area contributed by atoms with Gasteiger partial charge in [-0.05, 0) is 12.1 Å². The number of aliphatic imine (C=N–C) groups is 1. The van der Waals surface area contributed by atoms with Gasteiger partial charge in [0.1, 0.15) is 0 Å². The Morgan fingerprint density at radius 3 is 3.07 bits per heavy atom. The second-order valence-corrected chi connectivity index (χ2v) is 2.93. The number of urea groups is 1. The van der Waals surface area contributed by atoms with Crippen molar-refractivity contribution in [3.8, 4) is 0 Å². The van der Waals surface area contributed by atoms with Crippen molar-refractivity contribution < 1.29 is 4.79 Å². The summed E-state index contributed by atoms with van der Waals surface area (Å²) >= 11 is 0. The third-order valence-electron chi connectivity index (χ3n) is 2.10. The van der Waals surface area contributed by atoms with E-state index in [0.29, 0.717) is 5.36 Å². The first-order valence-electron chi connectivity index (χ1n) is 4.05. The molecule has 66 valence electrons. The normalized spacial score (nSPS) is 15.9. The summed E-state index contributed by atoms with van der Waals surface area (Å²) in [5, 5.41) is 9.07. The maximum atomic E-state index is 11.0. The van der Waals surface area contributed by atoms with E-state index < -0.39 is 6.03 Å². The largest absolute Gasteiger partial charge is 0.367 e. The highest BCUT2D eigenvalue weighted by molar-refractivity contribution is 5.94. The van der Waals surface area contributed by atoms with Crippen molar-refractivity contribution in [1.82, 2.24) is 0 Å². The Labute approximate surface area is 78.2 Å². The van der Waals surface area contributed by atoms with Gasteiger partial charge in [-0.1, -0.05) is 0 Å². The molecule has 0 atom stereocenters. The molecule has 2 aliphatic heterocycles. The Morgan fingerprint density at radius 2 is 2.14 bits per heavy atom. The van der Waals surface area contributed by atoms with E-state index in [0.717, 1.165) is 16.5 Å². The molecule has 0 bridgehead atoms. The number of nitrogens with zero attached hydrogens (tertiary/aromatic N) is 4. The molecule has 0 fully saturated rings. The van der Waals surface area contributed by atoms with E-state index in [4.69, 9.17) is 0 Å². The second-order valence-electron chi connectivity index (χ2n) is 2.93. The first-order valence-corrected chi connectivity index (χ1v) is 4.05. The summed E-state index contributed by atoms with van der Waals surface area (Å²) in [6, 6.07) is 3.18. The molecule has 0 aromatic heterocycles. The minimum atomic E-state index is -0.480. The average Bonchev–Trinajstić information content (AvgIpc) is 2.65. The molecule has 5 nitrogen and oxygen atoms in total. The predicted molar refractivity (Wildman–Crippen MR) is 49.2 cm³/mol. The Hall–Kier alpha value is -2.17. The molecule has 2 heterocycles. The molecule has 0 N–H and O–H groups in total. The Kier molecular flexibility index (Phi) is 1.25. The van der Waals surface area contributed by atoms with E-state index in [1.807, 2.05) is 12.1 Å². The van der Waals surface area contributed by atoms with Crippen LogP contribution in [0.15, 0.2) is 32.3 Å². The average molecular weight is 184 g/mol. The summed E-state index contributed by atoms with van der Waals surface area (Å²) in [6.07, 6.45) is 3.11. The fourth-order valence-corrected chi connectivity index (χ4v) is 1.46. The van der Waals surface area contributed by atoms with Crippen LogP contribution in [-0.4, -0.2) is 12.2 Å². The van der Waals surface area contributed by atoms with Crippen LogP contribution in [0.2, 0.25) is 0 Å². The summed E-state index contributed by atoms with van der Waals surface area (Å²) in [5.74, 6) is 0. The third-order valence-corrected chi connectivity index (χ3v) is 2.10. The van der Waals surface area contributed by atoms with Gasteiger partial charge in [0.15, 0.2) is 0 Å². The summed E-state index contributed by atoms with van der Waals surface area (Å²) < 4.78 is 0. The number of fused-ring (bicyclic) bond motifs is 3. The van der Waals surface area contributed by atoms with Crippen molar-refractivity contribution in [3.05, 3.63) is 28.3 Å². The van der Waals surface area contributed by atoms with Crippen LogP contribution in [0.25, 0.3) is 6.20 Å². The monoisotopic (exact) mass is 184 g/mol. The Balaban J connectivity index is 2.51. The van der Waals surface area contributed by atoms with Gasteiger partial charge in [-0.15, -0.1) is 0 Å². The number of carbonyl (C=O) groups excluding carboxylic acids is 1. The number of benzene rings is 1. The van der Waals surface area contributed by atoms with Crippen LogP contribution in [-0.2, 0) is 0 Å². The number of rotatable bonds is 0. The van der Waals surface area contributed by atoms with Gasteiger partial charge in [-0.25, -0.2) is 4.79 Å². The van der Waals surface area contributed by atoms with Gasteiger partial charge in [0, 0.05) is 17.0 Å². The van der Waals surface area contributed by atoms with Crippen molar-refractivity contribution in [2.75, 3.05) is 0 Å². The second kappa shape index (κ2) is 2.41. The minimum absolute atomic E-state index is 0.480. The van der Waals surface area contributed by atoms with Crippen molar-refractivity contribution in [2.45, 2.75) is 0 Å². The topological polar surface area (TPSA) is 66.5 Å². The van der Waals surface area contributed by atoms with E-state index in [1.165, 1.54) is 6.21 Å². The van der Waals surface area contributed by atoms with Crippen LogP contribution >= 0.6 is 0 Å². The van der Waals surface area contributed by atoms with E-state index in [2.05, 4.69) is 20.2 Å². The lowest BCUT2D eigenvalue weighted by molar-refractivity contribution is 0.256. The fourth-order valence-electron chi connectivity index (χ4n) is 1.46. The van der Waals surface area contributed by atoms with Crippen LogP contribution in [0.3, 0.4) is 0 Å². The van der Waals surface area contributed by atoms with Gasteiger partial charge < -0.3 is 0 Å². The van der Waals surface area contributed by atoms with E-state index in [1.54, 1.807) is 6.20 Å². The van der Waals surface area contributed by atoms with Crippen LogP contribution in [0.1, 0.15) is 5.56 Å².